The van der Waals surface area contributed by atoms with E-state index in [4.69, 9.17) is 37.2 Å². The average Bonchev–Trinajstić information content (AvgIpc) is 2.67. The van der Waals surface area contributed by atoms with Crippen LogP contribution in [0.4, 0.5) is 0 Å². The molecule has 0 amide bonds. The Bertz CT molecular complexity index is 594. The quantitative estimate of drug-likeness (QED) is 0.820. The Balaban J connectivity index is 2.19. The summed E-state index contributed by atoms with van der Waals surface area (Å²) < 4.78 is 43.2. The molecule has 0 bridgehead atoms. The molecule has 112 valence electrons. The first-order valence-electron chi connectivity index (χ1n) is 5.74. The van der Waals surface area contributed by atoms with Crippen molar-refractivity contribution in [3.63, 3.8) is 0 Å². The summed E-state index contributed by atoms with van der Waals surface area (Å²) in [5.41, 5.74) is 0.641. The van der Waals surface area contributed by atoms with E-state index in [-0.39, 0.29) is 6.54 Å². The molecular formula is C11H13Cl2NO5S. The Morgan fingerprint density at radius 3 is 2.65 bits per heavy atom. The van der Waals surface area contributed by atoms with E-state index in [1.807, 2.05) is 4.72 Å². The van der Waals surface area contributed by atoms with Crippen LogP contribution in [0.5, 0.6) is 0 Å². The van der Waals surface area contributed by atoms with E-state index in [2.05, 4.69) is 0 Å². The second-order valence-electron chi connectivity index (χ2n) is 4.29. The molecule has 3 atom stereocenters. The molecule has 3 unspecified atom stereocenters. The normalized spacial score (nSPS) is 26.9. The van der Waals surface area contributed by atoms with Crippen molar-refractivity contribution in [2.75, 3.05) is 6.54 Å². The molecule has 20 heavy (non-hydrogen) atoms. The van der Waals surface area contributed by atoms with Crippen LogP contribution in [-0.2, 0) is 19.8 Å². The van der Waals surface area contributed by atoms with Gasteiger partial charge in [-0.3, -0.25) is 4.55 Å². The molecule has 2 rings (SSSR count). The zero-order valence-corrected chi connectivity index (χ0v) is 12.7. The molecule has 6 nitrogen and oxygen atoms in total. The second kappa shape index (κ2) is 6.15. The fraction of sp³-hybridized carbons (Fsp3) is 0.455. The summed E-state index contributed by atoms with van der Waals surface area (Å²) in [7, 11) is -4.29. The molecule has 0 aromatic heterocycles. The molecule has 1 saturated heterocycles. The van der Waals surface area contributed by atoms with Crippen LogP contribution >= 0.6 is 23.2 Å². The van der Waals surface area contributed by atoms with Crippen molar-refractivity contribution in [1.82, 2.24) is 4.72 Å². The fourth-order valence-corrected chi connectivity index (χ4v) is 2.88. The second-order valence-corrected chi connectivity index (χ2v) is 6.37. The van der Waals surface area contributed by atoms with Gasteiger partial charge in [-0.2, -0.15) is 13.1 Å². The van der Waals surface area contributed by atoms with Gasteiger partial charge in [0.1, 0.15) is 12.2 Å². The molecular weight excluding hydrogens is 329 g/mol. The molecule has 1 aromatic carbocycles. The van der Waals surface area contributed by atoms with Crippen molar-refractivity contribution in [3.05, 3.63) is 33.8 Å². The van der Waals surface area contributed by atoms with Crippen molar-refractivity contribution in [2.45, 2.75) is 25.4 Å². The lowest BCUT2D eigenvalue weighted by molar-refractivity contribution is -0.0505. The first kappa shape index (κ1) is 16.0. The Kier molecular flexibility index (Phi) is 4.91. The zero-order valence-electron chi connectivity index (χ0n) is 10.4. The molecule has 0 spiro atoms. The van der Waals surface area contributed by atoms with Gasteiger partial charge in [-0.1, -0.05) is 29.3 Å². The van der Waals surface area contributed by atoms with Gasteiger partial charge in [-0.25, -0.2) is 0 Å². The van der Waals surface area contributed by atoms with Gasteiger partial charge in [-0.15, -0.1) is 0 Å². The number of rotatable bonds is 4. The summed E-state index contributed by atoms with van der Waals surface area (Å²) in [6.07, 6.45) is -1.67. The third-order valence-electron chi connectivity index (χ3n) is 2.78. The summed E-state index contributed by atoms with van der Waals surface area (Å²) in [5.74, 6) is 0. The Morgan fingerprint density at radius 2 is 2.05 bits per heavy atom. The minimum atomic E-state index is -4.29. The van der Waals surface area contributed by atoms with Crippen molar-refractivity contribution >= 4 is 33.5 Å². The molecule has 1 aliphatic heterocycles. The van der Waals surface area contributed by atoms with Gasteiger partial charge in [0, 0.05) is 22.2 Å². The van der Waals surface area contributed by atoms with Gasteiger partial charge >= 0.3 is 10.3 Å². The minimum Gasteiger partial charge on any atom is -0.345 e. The SMILES string of the molecule is CC1OC(CNS(=O)(=O)O)C(c2ccc(Cl)cc2Cl)O1. The first-order chi connectivity index (χ1) is 9.26. The fourth-order valence-electron chi connectivity index (χ4n) is 1.99. The maximum atomic E-state index is 10.7. The lowest BCUT2D eigenvalue weighted by Gasteiger charge is -2.18. The van der Waals surface area contributed by atoms with Gasteiger partial charge in [0.25, 0.3) is 0 Å². The average molecular weight is 342 g/mol. The molecule has 0 saturated carbocycles. The van der Waals surface area contributed by atoms with Crippen LogP contribution in [0.2, 0.25) is 10.0 Å². The van der Waals surface area contributed by atoms with E-state index in [1.165, 1.54) is 0 Å². The molecule has 0 radical (unpaired) electrons. The highest BCUT2D eigenvalue weighted by atomic mass is 35.5. The predicted octanol–water partition coefficient (Wildman–Crippen LogP) is 2.19. The number of hydrogen-bond acceptors (Lipinski definition) is 4. The molecule has 1 aromatic rings. The van der Waals surface area contributed by atoms with Crippen LogP contribution in [0.1, 0.15) is 18.6 Å². The maximum Gasteiger partial charge on any atom is 0.333 e. The van der Waals surface area contributed by atoms with E-state index < -0.39 is 28.8 Å². The highest BCUT2D eigenvalue weighted by Crippen LogP contribution is 2.36. The largest absolute Gasteiger partial charge is 0.345 e. The Morgan fingerprint density at radius 1 is 1.35 bits per heavy atom. The summed E-state index contributed by atoms with van der Waals surface area (Å²) in [5, 5.41) is 0.885. The highest BCUT2D eigenvalue weighted by Gasteiger charge is 2.36. The minimum absolute atomic E-state index is 0.132. The molecule has 1 fully saturated rings. The number of ether oxygens (including phenoxy) is 2. The summed E-state index contributed by atoms with van der Waals surface area (Å²) >= 11 is 11.9. The topological polar surface area (TPSA) is 84.9 Å². The monoisotopic (exact) mass is 341 g/mol. The van der Waals surface area contributed by atoms with Crippen LogP contribution in [-0.4, -0.2) is 31.9 Å². The standard InChI is InChI=1S/C11H13Cl2NO5S/c1-6-18-10(5-14-20(15,16)17)11(19-6)8-3-2-7(12)4-9(8)13/h2-4,6,10-11,14H,5H2,1H3,(H,15,16,17). The third kappa shape index (κ3) is 4.05. The van der Waals surface area contributed by atoms with Crippen LogP contribution in [0, 0.1) is 0 Å². The van der Waals surface area contributed by atoms with Crippen LogP contribution in [0.3, 0.4) is 0 Å². The Labute approximate surface area is 126 Å². The summed E-state index contributed by atoms with van der Waals surface area (Å²) in [6.45, 7) is 1.55. The number of nitrogens with one attached hydrogen (secondary N) is 1. The number of hydrogen-bond donors (Lipinski definition) is 2. The van der Waals surface area contributed by atoms with Crippen LogP contribution in [0.25, 0.3) is 0 Å². The van der Waals surface area contributed by atoms with E-state index in [0.717, 1.165) is 0 Å². The molecule has 1 heterocycles. The van der Waals surface area contributed by atoms with Crippen molar-refractivity contribution < 1.29 is 22.4 Å². The van der Waals surface area contributed by atoms with E-state index in [9.17, 15) is 8.42 Å². The van der Waals surface area contributed by atoms with Gasteiger partial charge in [0.05, 0.1) is 0 Å². The van der Waals surface area contributed by atoms with Gasteiger partial charge in [0.15, 0.2) is 6.29 Å². The maximum absolute atomic E-state index is 10.7. The van der Waals surface area contributed by atoms with E-state index in [0.29, 0.717) is 15.6 Å². The van der Waals surface area contributed by atoms with Crippen molar-refractivity contribution in [3.8, 4) is 0 Å². The summed E-state index contributed by atoms with van der Waals surface area (Å²) in [4.78, 5) is 0. The smallest absolute Gasteiger partial charge is 0.333 e. The molecule has 2 N–H and O–H groups in total. The molecule has 0 aliphatic carbocycles. The third-order valence-corrected chi connectivity index (χ3v) is 3.87. The van der Waals surface area contributed by atoms with E-state index >= 15 is 0 Å². The number of benzene rings is 1. The first-order valence-corrected chi connectivity index (χ1v) is 7.94. The van der Waals surface area contributed by atoms with Crippen LogP contribution in [0.15, 0.2) is 18.2 Å². The number of halogens is 2. The van der Waals surface area contributed by atoms with Crippen molar-refractivity contribution in [1.29, 1.82) is 0 Å². The van der Waals surface area contributed by atoms with Gasteiger partial charge in [-0.05, 0) is 19.1 Å². The van der Waals surface area contributed by atoms with Crippen molar-refractivity contribution in [2.24, 2.45) is 0 Å². The highest BCUT2D eigenvalue weighted by molar-refractivity contribution is 7.83. The van der Waals surface area contributed by atoms with Gasteiger partial charge in [0.2, 0.25) is 0 Å². The molecule has 1 aliphatic rings. The predicted molar refractivity (Wildman–Crippen MR) is 74.2 cm³/mol. The lowest BCUT2D eigenvalue weighted by Crippen LogP contribution is -2.34. The van der Waals surface area contributed by atoms with Crippen LogP contribution < -0.4 is 4.72 Å². The Hall–Kier alpha value is -0.410. The zero-order chi connectivity index (χ0) is 14.9. The molecule has 9 heteroatoms. The lowest BCUT2D eigenvalue weighted by atomic mass is 10.0. The summed E-state index contributed by atoms with van der Waals surface area (Å²) in [6, 6.07) is 4.91. The van der Waals surface area contributed by atoms with E-state index in [1.54, 1.807) is 25.1 Å². The van der Waals surface area contributed by atoms with Gasteiger partial charge < -0.3 is 9.47 Å².